The minimum atomic E-state index is -0.313. The van der Waals surface area contributed by atoms with Gasteiger partial charge in [-0.1, -0.05) is 6.58 Å². The Bertz CT molecular complexity index is 295. The molecule has 0 amide bonds. The summed E-state index contributed by atoms with van der Waals surface area (Å²) in [6.45, 7) is 8.55. The first kappa shape index (κ1) is 13.9. The first-order valence-corrected chi connectivity index (χ1v) is 6.60. The van der Waals surface area contributed by atoms with Crippen LogP contribution in [-0.4, -0.2) is 36.0 Å². The van der Waals surface area contributed by atoms with E-state index in [4.69, 9.17) is 4.74 Å². The highest BCUT2D eigenvalue weighted by Gasteiger charge is 2.16. The molecule has 0 aromatic rings. The summed E-state index contributed by atoms with van der Waals surface area (Å²) in [6.07, 6.45) is 8.37. The van der Waals surface area contributed by atoms with Crippen LogP contribution < -0.4 is 0 Å². The van der Waals surface area contributed by atoms with Gasteiger partial charge >= 0.3 is 5.97 Å². The lowest BCUT2D eigenvalue weighted by atomic mass is 10.2. The molecule has 1 rings (SSSR count). The van der Waals surface area contributed by atoms with E-state index in [0.717, 1.165) is 12.8 Å². The molecular formula is C14H24NO2+. The summed E-state index contributed by atoms with van der Waals surface area (Å²) in [6, 6.07) is 0. The van der Waals surface area contributed by atoms with Crippen molar-refractivity contribution in [3.8, 4) is 0 Å². The molecule has 3 heteroatoms. The van der Waals surface area contributed by atoms with Crippen molar-refractivity contribution in [1.82, 2.24) is 0 Å². The van der Waals surface area contributed by atoms with Crippen molar-refractivity contribution in [3.63, 3.8) is 0 Å². The molecule has 0 aromatic carbocycles. The van der Waals surface area contributed by atoms with Crippen molar-refractivity contribution in [2.75, 3.05) is 19.7 Å². The molecule has 1 heterocycles. The van der Waals surface area contributed by atoms with Crippen molar-refractivity contribution in [3.05, 3.63) is 12.7 Å². The second-order valence-corrected chi connectivity index (χ2v) is 4.61. The van der Waals surface area contributed by atoms with Crippen LogP contribution >= 0.6 is 0 Å². The Morgan fingerprint density at radius 1 is 1.41 bits per heavy atom. The molecule has 96 valence electrons. The van der Waals surface area contributed by atoms with Crippen molar-refractivity contribution < 1.29 is 14.1 Å². The van der Waals surface area contributed by atoms with E-state index in [-0.39, 0.29) is 5.97 Å². The van der Waals surface area contributed by atoms with Gasteiger partial charge in [0.25, 0.3) is 0 Å². The van der Waals surface area contributed by atoms with E-state index in [1.807, 2.05) is 0 Å². The SMILES string of the molecule is C=CC(=O)OCCCCCC[N+]1=C(C)CCC1. The van der Waals surface area contributed by atoms with Crippen LogP contribution in [0.4, 0.5) is 0 Å². The Balaban J connectivity index is 1.93. The van der Waals surface area contributed by atoms with Crippen LogP contribution in [0.25, 0.3) is 0 Å². The molecule has 0 spiro atoms. The molecule has 3 nitrogen and oxygen atoms in total. The molecule has 0 saturated carbocycles. The van der Waals surface area contributed by atoms with Crippen LogP contribution in [0.2, 0.25) is 0 Å². The molecule has 0 N–H and O–H groups in total. The molecule has 0 bridgehead atoms. The molecule has 0 aromatic heterocycles. The molecule has 1 aliphatic rings. The van der Waals surface area contributed by atoms with Gasteiger partial charge in [-0.3, -0.25) is 0 Å². The summed E-state index contributed by atoms with van der Waals surface area (Å²) in [5, 5.41) is 0. The van der Waals surface area contributed by atoms with Crippen molar-refractivity contribution in [2.24, 2.45) is 0 Å². The summed E-state index contributed by atoms with van der Waals surface area (Å²) in [5.41, 5.74) is 1.55. The van der Waals surface area contributed by atoms with Gasteiger partial charge in [0, 0.05) is 32.3 Å². The molecular weight excluding hydrogens is 214 g/mol. The normalized spacial score (nSPS) is 15.1. The van der Waals surface area contributed by atoms with Gasteiger partial charge < -0.3 is 4.74 Å². The number of nitrogens with zero attached hydrogens (tertiary/aromatic N) is 1. The Kier molecular flexibility index (Phi) is 6.60. The maximum Gasteiger partial charge on any atom is 0.330 e. The lowest BCUT2D eigenvalue weighted by molar-refractivity contribution is -0.520. The Labute approximate surface area is 104 Å². The van der Waals surface area contributed by atoms with Crippen LogP contribution in [-0.2, 0) is 9.53 Å². The second kappa shape index (κ2) is 8.04. The lowest BCUT2D eigenvalue weighted by Gasteiger charge is -2.02. The van der Waals surface area contributed by atoms with Gasteiger partial charge in [0.15, 0.2) is 0 Å². The number of carbonyl (C=O) groups excluding carboxylic acids is 1. The Morgan fingerprint density at radius 2 is 2.18 bits per heavy atom. The van der Waals surface area contributed by atoms with Crippen LogP contribution in [0.5, 0.6) is 0 Å². The molecule has 0 radical (unpaired) electrons. The van der Waals surface area contributed by atoms with Crippen LogP contribution in [0.1, 0.15) is 45.4 Å². The predicted molar refractivity (Wildman–Crippen MR) is 69.5 cm³/mol. The maximum absolute atomic E-state index is 10.8. The van der Waals surface area contributed by atoms with Crippen molar-refractivity contribution in [1.29, 1.82) is 0 Å². The Morgan fingerprint density at radius 3 is 2.82 bits per heavy atom. The average Bonchev–Trinajstić information content (AvgIpc) is 2.73. The number of unbranched alkanes of at least 4 members (excludes halogenated alkanes) is 3. The molecule has 1 aliphatic heterocycles. The minimum absolute atomic E-state index is 0.313. The number of ether oxygens (including phenoxy) is 1. The summed E-state index contributed by atoms with van der Waals surface area (Å²) < 4.78 is 7.41. The predicted octanol–water partition coefficient (Wildman–Crippen LogP) is 2.54. The summed E-state index contributed by atoms with van der Waals surface area (Å²) in [4.78, 5) is 10.8. The fourth-order valence-corrected chi connectivity index (χ4v) is 2.17. The van der Waals surface area contributed by atoms with E-state index in [9.17, 15) is 4.79 Å². The first-order valence-electron chi connectivity index (χ1n) is 6.60. The van der Waals surface area contributed by atoms with Crippen molar-refractivity contribution in [2.45, 2.75) is 45.4 Å². The van der Waals surface area contributed by atoms with Gasteiger partial charge in [-0.2, -0.15) is 0 Å². The minimum Gasteiger partial charge on any atom is -0.463 e. The number of hydrogen-bond donors (Lipinski definition) is 0. The third kappa shape index (κ3) is 5.66. The fourth-order valence-electron chi connectivity index (χ4n) is 2.17. The molecule has 0 unspecified atom stereocenters. The van der Waals surface area contributed by atoms with Gasteiger partial charge in [-0.05, 0) is 19.3 Å². The third-order valence-electron chi connectivity index (χ3n) is 3.24. The number of esters is 1. The van der Waals surface area contributed by atoms with Gasteiger partial charge in [0.05, 0.1) is 6.61 Å². The number of carbonyl (C=O) groups is 1. The van der Waals surface area contributed by atoms with E-state index >= 15 is 0 Å². The van der Waals surface area contributed by atoms with Gasteiger partial charge in [0.1, 0.15) is 18.8 Å². The molecule has 0 saturated heterocycles. The summed E-state index contributed by atoms with van der Waals surface area (Å²) >= 11 is 0. The van der Waals surface area contributed by atoms with Crippen LogP contribution in [0.15, 0.2) is 12.7 Å². The molecule has 0 atom stereocenters. The zero-order valence-electron chi connectivity index (χ0n) is 10.9. The smallest absolute Gasteiger partial charge is 0.330 e. The van der Waals surface area contributed by atoms with Crippen molar-refractivity contribution >= 4 is 11.7 Å². The number of hydrogen-bond acceptors (Lipinski definition) is 2. The summed E-state index contributed by atoms with van der Waals surface area (Å²) in [7, 11) is 0. The second-order valence-electron chi connectivity index (χ2n) is 4.61. The van der Waals surface area contributed by atoms with E-state index in [1.54, 1.807) is 5.71 Å². The van der Waals surface area contributed by atoms with Crippen LogP contribution in [0.3, 0.4) is 0 Å². The van der Waals surface area contributed by atoms with Gasteiger partial charge in [0.2, 0.25) is 0 Å². The molecule has 17 heavy (non-hydrogen) atoms. The first-order chi connectivity index (χ1) is 8.24. The van der Waals surface area contributed by atoms with E-state index < -0.39 is 0 Å². The number of rotatable bonds is 8. The zero-order chi connectivity index (χ0) is 12.5. The van der Waals surface area contributed by atoms with E-state index in [2.05, 4.69) is 18.1 Å². The monoisotopic (exact) mass is 238 g/mol. The van der Waals surface area contributed by atoms with Gasteiger partial charge in [-0.15, -0.1) is 0 Å². The topological polar surface area (TPSA) is 29.3 Å². The van der Waals surface area contributed by atoms with E-state index in [1.165, 1.54) is 44.8 Å². The quantitative estimate of drug-likeness (QED) is 0.281. The fraction of sp³-hybridized carbons (Fsp3) is 0.714. The average molecular weight is 238 g/mol. The highest BCUT2D eigenvalue weighted by Crippen LogP contribution is 2.07. The standard InChI is InChI=1S/C14H24NO2/c1-3-14(16)17-12-7-5-4-6-10-15-11-8-9-13(15)2/h3H,1,4-12H2,2H3/q+1. The highest BCUT2D eigenvalue weighted by molar-refractivity contribution is 5.81. The largest absolute Gasteiger partial charge is 0.463 e. The Hall–Kier alpha value is -1.12. The maximum atomic E-state index is 10.8. The van der Waals surface area contributed by atoms with Gasteiger partial charge in [-0.25, -0.2) is 9.37 Å². The summed E-state index contributed by atoms with van der Waals surface area (Å²) in [5.74, 6) is -0.313. The lowest BCUT2D eigenvalue weighted by Crippen LogP contribution is -2.14. The van der Waals surface area contributed by atoms with E-state index in [0.29, 0.717) is 6.61 Å². The molecule has 0 fully saturated rings. The molecule has 0 aliphatic carbocycles. The zero-order valence-corrected chi connectivity index (χ0v) is 10.9. The third-order valence-corrected chi connectivity index (χ3v) is 3.24. The van der Waals surface area contributed by atoms with Crippen LogP contribution in [0, 0.1) is 0 Å². The highest BCUT2D eigenvalue weighted by atomic mass is 16.5.